The van der Waals surface area contributed by atoms with Crippen molar-refractivity contribution in [3.8, 4) is 0 Å². The Bertz CT molecular complexity index is 627. The lowest BCUT2D eigenvalue weighted by atomic mass is 10.2. The summed E-state index contributed by atoms with van der Waals surface area (Å²) in [6, 6.07) is 8.04. The first-order valence-corrected chi connectivity index (χ1v) is 7.80. The maximum atomic E-state index is 11.2. The second-order valence-corrected chi connectivity index (χ2v) is 6.31. The van der Waals surface area contributed by atoms with Crippen LogP contribution >= 0.6 is 27.3 Å². The molecule has 0 radical (unpaired) electrons. The molecule has 20 heavy (non-hydrogen) atoms. The number of carboxylic acids is 1. The largest absolute Gasteiger partial charge is 0.477 e. The van der Waals surface area contributed by atoms with Crippen molar-refractivity contribution in [3.63, 3.8) is 0 Å². The van der Waals surface area contributed by atoms with E-state index < -0.39 is 5.97 Å². The van der Waals surface area contributed by atoms with Crippen molar-refractivity contribution >= 4 is 38.4 Å². The number of aromatic carboxylic acids is 1. The molecule has 0 aliphatic carbocycles. The molecule has 0 unspecified atom stereocenters. The van der Waals surface area contributed by atoms with Crippen LogP contribution in [-0.2, 0) is 13.0 Å². The van der Waals surface area contributed by atoms with E-state index in [4.69, 9.17) is 5.11 Å². The third-order valence-electron chi connectivity index (χ3n) is 2.85. The predicted molar refractivity (Wildman–Crippen MR) is 84.7 cm³/mol. The summed E-state index contributed by atoms with van der Waals surface area (Å²) < 4.78 is 1.03. The van der Waals surface area contributed by atoms with Gasteiger partial charge >= 0.3 is 5.97 Å². The Hall–Kier alpha value is -1.40. The minimum absolute atomic E-state index is 0.337. The highest BCUT2D eigenvalue weighted by Gasteiger charge is 2.18. The van der Waals surface area contributed by atoms with Crippen LogP contribution < -0.4 is 4.90 Å². The van der Waals surface area contributed by atoms with Crippen LogP contribution in [0.1, 0.15) is 27.9 Å². The van der Waals surface area contributed by atoms with Gasteiger partial charge in [0.05, 0.1) is 5.69 Å². The van der Waals surface area contributed by atoms with Gasteiger partial charge in [-0.2, -0.15) is 0 Å². The van der Waals surface area contributed by atoms with Crippen LogP contribution in [0.3, 0.4) is 0 Å². The monoisotopic (exact) mass is 354 g/mol. The molecule has 1 aromatic heterocycles. The fourth-order valence-corrected chi connectivity index (χ4v) is 3.29. The highest BCUT2D eigenvalue weighted by atomic mass is 79.9. The molecular formula is C14H15BrN2O2S. The van der Waals surface area contributed by atoms with Crippen LogP contribution in [0.25, 0.3) is 0 Å². The van der Waals surface area contributed by atoms with Crippen LogP contribution in [0.15, 0.2) is 28.7 Å². The summed E-state index contributed by atoms with van der Waals surface area (Å²) in [5.74, 6) is -0.901. The molecule has 2 rings (SSSR count). The number of nitrogens with zero attached hydrogens (tertiary/aromatic N) is 2. The number of benzene rings is 1. The van der Waals surface area contributed by atoms with Gasteiger partial charge in [-0.3, -0.25) is 0 Å². The lowest BCUT2D eigenvalue weighted by Gasteiger charge is -2.15. The average Bonchev–Trinajstić information content (AvgIpc) is 2.83. The zero-order valence-corrected chi connectivity index (χ0v) is 13.7. The summed E-state index contributed by atoms with van der Waals surface area (Å²) in [5, 5.41) is 9.90. The molecule has 0 atom stereocenters. The molecule has 0 saturated carbocycles. The fourth-order valence-electron chi connectivity index (χ4n) is 1.89. The minimum atomic E-state index is -0.901. The number of rotatable bonds is 5. The summed E-state index contributed by atoms with van der Waals surface area (Å²) >= 11 is 4.67. The van der Waals surface area contributed by atoms with Crippen LogP contribution in [0.5, 0.6) is 0 Å². The Morgan fingerprint density at radius 1 is 1.50 bits per heavy atom. The lowest BCUT2D eigenvalue weighted by molar-refractivity contribution is 0.0701. The Kier molecular flexibility index (Phi) is 4.77. The zero-order chi connectivity index (χ0) is 14.7. The van der Waals surface area contributed by atoms with Gasteiger partial charge in [-0.15, -0.1) is 0 Å². The SMILES string of the molecule is CCc1nc(N(C)Cc2cccc(Br)c2)sc1C(=O)O. The van der Waals surface area contributed by atoms with Crippen molar-refractivity contribution in [2.45, 2.75) is 19.9 Å². The van der Waals surface area contributed by atoms with Crippen LogP contribution in [-0.4, -0.2) is 23.1 Å². The number of halogens is 1. The average molecular weight is 355 g/mol. The Labute approximate surface area is 130 Å². The number of hydrogen-bond acceptors (Lipinski definition) is 4. The van der Waals surface area contributed by atoms with Gasteiger partial charge < -0.3 is 10.0 Å². The van der Waals surface area contributed by atoms with Crippen LogP contribution in [0.4, 0.5) is 5.13 Å². The van der Waals surface area contributed by atoms with Gasteiger partial charge in [0, 0.05) is 18.1 Å². The van der Waals surface area contributed by atoms with Crippen molar-refractivity contribution in [2.24, 2.45) is 0 Å². The van der Waals surface area contributed by atoms with Crippen molar-refractivity contribution in [1.82, 2.24) is 4.98 Å². The van der Waals surface area contributed by atoms with E-state index >= 15 is 0 Å². The summed E-state index contributed by atoms with van der Waals surface area (Å²) in [5.41, 5.74) is 1.80. The quantitative estimate of drug-likeness (QED) is 0.886. The van der Waals surface area contributed by atoms with Crippen LogP contribution in [0, 0.1) is 0 Å². The molecule has 1 aromatic carbocycles. The van der Waals surface area contributed by atoms with Gasteiger partial charge in [0.15, 0.2) is 5.13 Å². The molecule has 106 valence electrons. The predicted octanol–water partition coefficient (Wildman–Crippen LogP) is 3.80. The topological polar surface area (TPSA) is 53.4 Å². The van der Waals surface area contributed by atoms with E-state index in [1.165, 1.54) is 11.3 Å². The Morgan fingerprint density at radius 3 is 2.80 bits per heavy atom. The Balaban J connectivity index is 2.21. The molecular weight excluding hydrogens is 340 g/mol. The highest BCUT2D eigenvalue weighted by Crippen LogP contribution is 2.27. The molecule has 0 spiro atoms. The number of carbonyl (C=O) groups is 1. The molecule has 0 saturated heterocycles. The first-order chi connectivity index (χ1) is 9.51. The van der Waals surface area contributed by atoms with Gasteiger partial charge in [0.1, 0.15) is 4.88 Å². The molecule has 4 nitrogen and oxygen atoms in total. The summed E-state index contributed by atoms with van der Waals surface area (Å²) in [4.78, 5) is 17.9. The molecule has 0 aliphatic rings. The van der Waals surface area contributed by atoms with Crippen molar-refractivity contribution in [1.29, 1.82) is 0 Å². The smallest absolute Gasteiger partial charge is 0.347 e. The molecule has 1 N–H and O–H groups in total. The third kappa shape index (κ3) is 3.37. The second-order valence-electron chi connectivity index (χ2n) is 4.42. The number of anilines is 1. The fraction of sp³-hybridized carbons (Fsp3) is 0.286. The normalized spacial score (nSPS) is 10.6. The van der Waals surface area contributed by atoms with E-state index in [0.29, 0.717) is 23.5 Å². The van der Waals surface area contributed by atoms with Crippen LogP contribution in [0.2, 0.25) is 0 Å². The molecule has 0 amide bonds. The van der Waals surface area contributed by atoms with E-state index in [2.05, 4.69) is 20.9 Å². The Morgan fingerprint density at radius 2 is 2.25 bits per heavy atom. The van der Waals surface area contributed by atoms with E-state index in [9.17, 15) is 4.79 Å². The zero-order valence-electron chi connectivity index (χ0n) is 11.3. The number of thiazole rings is 1. The molecule has 6 heteroatoms. The minimum Gasteiger partial charge on any atom is -0.477 e. The van der Waals surface area contributed by atoms with E-state index in [1.807, 2.05) is 43.1 Å². The standard InChI is InChI=1S/C14H15BrN2O2S/c1-3-11-12(13(18)19)20-14(16-11)17(2)8-9-5-4-6-10(15)7-9/h4-7H,3,8H2,1-2H3,(H,18,19). The van der Waals surface area contributed by atoms with Gasteiger partial charge in [-0.25, -0.2) is 9.78 Å². The van der Waals surface area contributed by atoms with E-state index in [0.717, 1.165) is 15.2 Å². The van der Waals surface area contributed by atoms with E-state index in [1.54, 1.807) is 0 Å². The molecule has 1 heterocycles. The molecule has 0 bridgehead atoms. The molecule has 0 aliphatic heterocycles. The lowest BCUT2D eigenvalue weighted by Crippen LogP contribution is -2.16. The first kappa shape index (κ1) is 15.0. The van der Waals surface area contributed by atoms with Gasteiger partial charge in [-0.05, 0) is 24.1 Å². The van der Waals surface area contributed by atoms with Gasteiger partial charge in [-0.1, -0.05) is 46.3 Å². The number of carboxylic acid groups (broad SMARTS) is 1. The van der Waals surface area contributed by atoms with Crippen molar-refractivity contribution in [3.05, 3.63) is 44.9 Å². The summed E-state index contributed by atoms with van der Waals surface area (Å²) in [6.07, 6.45) is 0.628. The maximum Gasteiger partial charge on any atom is 0.347 e. The van der Waals surface area contributed by atoms with Crippen molar-refractivity contribution < 1.29 is 9.90 Å². The summed E-state index contributed by atoms with van der Waals surface area (Å²) in [7, 11) is 1.92. The molecule has 2 aromatic rings. The molecule has 0 fully saturated rings. The second kappa shape index (κ2) is 6.37. The first-order valence-electron chi connectivity index (χ1n) is 6.19. The number of hydrogen-bond donors (Lipinski definition) is 1. The van der Waals surface area contributed by atoms with Crippen molar-refractivity contribution in [2.75, 3.05) is 11.9 Å². The number of aryl methyl sites for hydroxylation is 1. The maximum absolute atomic E-state index is 11.2. The number of aromatic nitrogens is 1. The van der Waals surface area contributed by atoms with Gasteiger partial charge in [0.2, 0.25) is 0 Å². The third-order valence-corrected chi connectivity index (χ3v) is 4.54. The highest BCUT2D eigenvalue weighted by molar-refractivity contribution is 9.10. The van der Waals surface area contributed by atoms with Gasteiger partial charge in [0.25, 0.3) is 0 Å². The van der Waals surface area contributed by atoms with E-state index in [-0.39, 0.29) is 0 Å². The summed E-state index contributed by atoms with van der Waals surface area (Å²) in [6.45, 7) is 2.61.